The minimum absolute atomic E-state index is 0.0968. The molecule has 1 rings (SSSR count). The van der Waals surface area contributed by atoms with Gasteiger partial charge in [-0.05, 0) is 17.7 Å². The fourth-order valence-corrected chi connectivity index (χ4v) is 1.45. The molecular weight excluding hydrogens is 200 g/mol. The van der Waals surface area contributed by atoms with Crippen LogP contribution in [0.1, 0.15) is 18.5 Å². The third kappa shape index (κ3) is 3.01. The summed E-state index contributed by atoms with van der Waals surface area (Å²) < 4.78 is 0. The fourth-order valence-electron chi connectivity index (χ4n) is 1.25. The lowest BCUT2D eigenvalue weighted by Crippen LogP contribution is -2.31. The average Bonchev–Trinajstić information content (AvgIpc) is 2.14. The maximum absolute atomic E-state index is 10.9. The van der Waals surface area contributed by atoms with E-state index >= 15 is 0 Å². The highest BCUT2D eigenvalue weighted by molar-refractivity contribution is 6.30. The topological polar surface area (TPSA) is 55.1 Å². The molecular formula is C10H13ClN2O. The minimum atomic E-state index is -0.161. The van der Waals surface area contributed by atoms with Crippen LogP contribution < -0.4 is 11.1 Å². The fraction of sp³-hybridized carbons (Fsp3) is 0.300. The Labute approximate surface area is 88.2 Å². The van der Waals surface area contributed by atoms with Gasteiger partial charge in [-0.15, -0.1) is 0 Å². The average molecular weight is 213 g/mol. The van der Waals surface area contributed by atoms with Gasteiger partial charge in [0.2, 0.25) is 5.91 Å². The molecule has 0 heterocycles. The Kier molecular flexibility index (Phi) is 3.92. The standard InChI is InChI=1S/C10H13ClN2O/c1-7(14)13-10(6-12)8-3-2-4-9(11)5-8/h2-5,10H,6,12H2,1H3,(H,13,14). The summed E-state index contributed by atoms with van der Waals surface area (Å²) in [6, 6.07) is 7.15. The molecule has 14 heavy (non-hydrogen) atoms. The largest absolute Gasteiger partial charge is 0.348 e. The number of carbonyl (C=O) groups is 1. The Morgan fingerprint density at radius 3 is 2.86 bits per heavy atom. The van der Waals surface area contributed by atoms with Crippen LogP contribution in [-0.4, -0.2) is 12.5 Å². The summed E-state index contributed by atoms with van der Waals surface area (Å²) in [4.78, 5) is 10.9. The lowest BCUT2D eigenvalue weighted by Gasteiger charge is -2.16. The van der Waals surface area contributed by atoms with Gasteiger partial charge < -0.3 is 11.1 Å². The molecule has 4 heteroatoms. The van der Waals surface area contributed by atoms with Gasteiger partial charge in [0.25, 0.3) is 0 Å². The van der Waals surface area contributed by atoms with Crippen LogP contribution in [-0.2, 0) is 4.79 Å². The molecule has 1 aromatic rings. The number of benzene rings is 1. The van der Waals surface area contributed by atoms with Crippen molar-refractivity contribution in [1.82, 2.24) is 5.32 Å². The van der Waals surface area contributed by atoms with Crippen molar-refractivity contribution in [3.05, 3.63) is 34.9 Å². The van der Waals surface area contributed by atoms with Gasteiger partial charge in [-0.3, -0.25) is 4.79 Å². The molecule has 1 atom stereocenters. The van der Waals surface area contributed by atoms with Crippen molar-refractivity contribution in [3.8, 4) is 0 Å². The molecule has 0 aliphatic heterocycles. The summed E-state index contributed by atoms with van der Waals surface area (Å²) in [6.45, 7) is 1.83. The molecule has 0 spiro atoms. The SMILES string of the molecule is CC(=O)NC(CN)c1cccc(Cl)c1. The van der Waals surface area contributed by atoms with E-state index in [2.05, 4.69) is 5.32 Å². The number of amides is 1. The molecule has 3 N–H and O–H groups in total. The second-order valence-corrected chi connectivity index (χ2v) is 3.48. The van der Waals surface area contributed by atoms with Crippen LogP contribution in [0.3, 0.4) is 0 Å². The Morgan fingerprint density at radius 1 is 1.64 bits per heavy atom. The number of nitrogens with two attached hydrogens (primary N) is 1. The number of nitrogens with one attached hydrogen (secondary N) is 1. The van der Waals surface area contributed by atoms with E-state index in [0.29, 0.717) is 11.6 Å². The molecule has 0 fully saturated rings. The van der Waals surface area contributed by atoms with Crippen LogP contribution in [0.2, 0.25) is 5.02 Å². The summed E-state index contributed by atoms with van der Waals surface area (Å²) in [5.74, 6) is -0.0968. The predicted octanol–water partition coefficient (Wildman–Crippen LogP) is 1.48. The summed E-state index contributed by atoms with van der Waals surface area (Å²) >= 11 is 5.83. The number of carbonyl (C=O) groups excluding carboxylic acids is 1. The lowest BCUT2D eigenvalue weighted by atomic mass is 10.1. The molecule has 1 amide bonds. The van der Waals surface area contributed by atoms with Gasteiger partial charge in [-0.25, -0.2) is 0 Å². The van der Waals surface area contributed by atoms with E-state index in [4.69, 9.17) is 17.3 Å². The van der Waals surface area contributed by atoms with Crippen molar-refractivity contribution in [2.45, 2.75) is 13.0 Å². The molecule has 1 aromatic carbocycles. The van der Waals surface area contributed by atoms with E-state index in [-0.39, 0.29) is 11.9 Å². The Morgan fingerprint density at radius 2 is 2.36 bits per heavy atom. The van der Waals surface area contributed by atoms with Crippen molar-refractivity contribution in [2.75, 3.05) is 6.54 Å². The van der Waals surface area contributed by atoms with Gasteiger partial charge in [0, 0.05) is 18.5 Å². The summed E-state index contributed by atoms with van der Waals surface area (Å²) in [7, 11) is 0. The second kappa shape index (κ2) is 4.98. The first kappa shape index (κ1) is 11.0. The third-order valence-electron chi connectivity index (χ3n) is 1.86. The number of hydrogen-bond donors (Lipinski definition) is 2. The van der Waals surface area contributed by atoms with Crippen LogP contribution in [0.15, 0.2) is 24.3 Å². The van der Waals surface area contributed by atoms with Crippen molar-refractivity contribution in [3.63, 3.8) is 0 Å². The first-order valence-corrected chi connectivity index (χ1v) is 4.74. The van der Waals surface area contributed by atoms with E-state index in [9.17, 15) is 4.79 Å². The zero-order chi connectivity index (χ0) is 10.6. The van der Waals surface area contributed by atoms with Gasteiger partial charge in [0.15, 0.2) is 0 Å². The normalized spacial score (nSPS) is 12.2. The van der Waals surface area contributed by atoms with E-state index in [0.717, 1.165) is 5.56 Å². The van der Waals surface area contributed by atoms with Crippen molar-refractivity contribution in [1.29, 1.82) is 0 Å². The summed E-state index contributed by atoms with van der Waals surface area (Å²) in [5, 5.41) is 3.40. The molecule has 1 unspecified atom stereocenters. The molecule has 0 saturated carbocycles. The molecule has 76 valence electrons. The van der Waals surface area contributed by atoms with Crippen LogP contribution in [0, 0.1) is 0 Å². The highest BCUT2D eigenvalue weighted by Gasteiger charge is 2.10. The van der Waals surface area contributed by atoms with Crippen LogP contribution >= 0.6 is 11.6 Å². The van der Waals surface area contributed by atoms with E-state index in [1.54, 1.807) is 12.1 Å². The number of rotatable bonds is 3. The van der Waals surface area contributed by atoms with E-state index in [1.807, 2.05) is 12.1 Å². The maximum Gasteiger partial charge on any atom is 0.217 e. The minimum Gasteiger partial charge on any atom is -0.348 e. The third-order valence-corrected chi connectivity index (χ3v) is 2.10. The molecule has 0 aliphatic rings. The van der Waals surface area contributed by atoms with Crippen LogP contribution in [0.4, 0.5) is 0 Å². The predicted molar refractivity (Wildman–Crippen MR) is 57.1 cm³/mol. The zero-order valence-corrected chi connectivity index (χ0v) is 8.71. The van der Waals surface area contributed by atoms with Gasteiger partial charge in [0.05, 0.1) is 6.04 Å². The zero-order valence-electron chi connectivity index (χ0n) is 7.96. The highest BCUT2D eigenvalue weighted by Crippen LogP contribution is 2.16. The maximum atomic E-state index is 10.9. The van der Waals surface area contributed by atoms with Gasteiger partial charge in [-0.1, -0.05) is 23.7 Å². The second-order valence-electron chi connectivity index (χ2n) is 3.04. The molecule has 0 aliphatic carbocycles. The Hall–Kier alpha value is -1.06. The van der Waals surface area contributed by atoms with E-state index < -0.39 is 0 Å². The van der Waals surface area contributed by atoms with Crippen LogP contribution in [0.5, 0.6) is 0 Å². The van der Waals surface area contributed by atoms with Gasteiger partial charge >= 0.3 is 0 Å². The monoisotopic (exact) mass is 212 g/mol. The summed E-state index contributed by atoms with van der Waals surface area (Å²) in [5.41, 5.74) is 6.47. The van der Waals surface area contributed by atoms with Crippen molar-refractivity contribution >= 4 is 17.5 Å². The Balaban J connectivity index is 2.83. The first-order chi connectivity index (χ1) is 6.63. The smallest absolute Gasteiger partial charge is 0.217 e. The summed E-state index contributed by atoms with van der Waals surface area (Å²) in [6.07, 6.45) is 0. The van der Waals surface area contributed by atoms with Gasteiger partial charge in [0.1, 0.15) is 0 Å². The van der Waals surface area contributed by atoms with Crippen molar-refractivity contribution < 1.29 is 4.79 Å². The lowest BCUT2D eigenvalue weighted by molar-refractivity contribution is -0.119. The Bertz CT molecular complexity index is 328. The van der Waals surface area contributed by atoms with E-state index in [1.165, 1.54) is 6.92 Å². The molecule has 0 bridgehead atoms. The highest BCUT2D eigenvalue weighted by atomic mass is 35.5. The van der Waals surface area contributed by atoms with Gasteiger partial charge in [-0.2, -0.15) is 0 Å². The first-order valence-electron chi connectivity index (χ1n) is 4.36. The van der Waals surface area contributed by atoms with Crippen molar-refractivity contribution in [2.24, 2.45) is 5.73 Å². The van der Waals surface area contributed by atoms with Crippen LogP contribution in [0.25, 0.3) is 0 Å². The quantitative estimate of drug-likeness (QED) is 0.798. The molecule has 3 nitrogen and oxygen atoms in total. The molecule has 0 aromatic heterocycles. The number of hydrogen-bond acceptors (Lipinski definition) is 2. The molecule has 0 radical (unpaired) electrons. The number of halogens is 1. The molecule has 0 saturated heterocycles.